The molecule has 0 radical (unpaired) electrons. The van der Waals surface area contributed by atoms with E-state index in [4.69, 9.17) is 4.74 Å². The van der Waals surface area contributed by atoms with E-state index < -0.39 is 0 Å². The quantitative estimate of drug-likeness (QED) is 0.338. The van der Waals surface area contributed by atoms with Gasteiger partial charge < -0.3 is 4.74 Å². The van der Waals surface area contributed by atoms with E-state index in [2.05, 4.69) is 68.5 Å². The van der Waals surface area contributed by atoms with Gasteiger partial charge in [0.15, 0.2) is 0 Å². The summed E-state index contributed by atoms with van der Waals surface area (Å²) in [4.78, 5) is 0. The number of allylic oxidation sites excluding steroid dienone is 2. The van der Waals surface area contributed by atoms with E-state index in [-0.39, 0.29) is 11.0 Å². The maximum absolute atomic E-state index is 9.99. The number of rotatable bonds is 11. The molecule has 0 amide bonds. The van der Waals surface area contributed by atoms with Crippen molar-refractivity contribution in [2.75, 3.05) is 6.61 Å². The number of nitrogens with zero attached hydrogens (tertiary/aromatic N) is 1. The van der Waals surface area contributed by atoms with Gasteiger partial charge in [0.1, 0.15) is 0 Å². The van der Waals surface area contributed by atoms with Crippen LogP contribution in [-0.2, 0) is 4.74 Å². The van der Waals surface area contributed by atoms with E-state index in [1.165, 1.54) is 36.8 Å². The van der Waals surface area contributed by atoms with Gasteiger partial charge in [0.2, 0.25) is 0 Å². The van der Waals surface area contributed by atoms with Crippen molar-refractivity contribution in [1.29, 1.82) is 5.26 Å². The van der Waals surface area contributed by atoms with Crippen LogP contribution in [0.5, 0.6) is 0 Å². The number of hydrogen-bond donors (Lipinski definition) is 0. The molecule has 1 aromatic rings. The Balaban J connectivity index is 1.67. The van der Waals surface area contributed by atoms with Crippen LogP contribution in [0.25, 0.3) is 5.57 Å². The average molecular weight is 420 g/mol. The summed E-state index contributed by atoms with van der Waals surface area (Å²) in [5.74, 6) is 0.506. The van der Waals surface area contributed by atoms with Crippen LogP contribution in [0.4, 0.5) is 0 Å². The first kappa shape index (κ1) is 23.8. The Morgan fingerprint density at radius 2 is 1.74 bits per heavy atom. The molecule has 0 aromatic heterocycles. The standard InChI is InChI=1S/C29H41NO/c1-3-5-7-11-18-28(24-30)19-16-27(17-20-28)29(31-23-6-4-2)21-14-26(15-22-29)25-12-9-8-10-13-25/h8-10,12-15,21,27H,3-7,11,16-20,22-23H2,1-2H3. The first-order valence-corrected chi connectivity index (χ1v) is 12.7. The molecule has 2 aliphatic carbocycles. The Morgan fingerprint density at radius 1 is 1.00 bits per heavy atom. The zero-order valence-electron chi connectivity index (χ0n) is 19.7. The normalized spacial score (nSPS) is 28.2. The summed E-state index contributed by atoms with van der Waals surface area (Å²) in [6.45, 7) is 5.30. The number of nitriles is 1. The van der Waals surface area contributed by atoms with Crippen molar-refractivity contribution in [3.8, 4) is 6.07 Å². The summed E-state index contributed by atoms with van der Waals surface area (Å²) < 4.78 is 6.64. The third-order valence-corrected chi connectivity index (χ3v) is 7.54. The summed E-state index contributed by atoms with van der Waals surface area (Å²) in [7, 11) is 0. The highest BCUT2D eigenvalue weighted by Gasteiger charge is 2.44. The first-order chi connectivity index (χ1) is 15.2. The van der Waals surface area contributed by atoms with Crippen molar-refractivity contribution in [2.24, 2.45) is 11.3 Å². The van der Waals surface area contributed by atoms with Crippen LogP contribution in [0.3, 0.4) is 0 Å². The third kappa shape index (κ3) is 6.11. The second kappa shape index (κ2) is 11.7. The van der Waals surface area contributed by atoms with Gasteiger partial charge in [0.25, 0.3) is 0 Å². The third-order valence-electron chi connectivity index (χ3n) is 7.54. The van der Waals surface area contributed by atoms with Gasteiger partial charge in [-0.25, -0.2) is 0 Å². The van der Waals surface area contributed by atoms with Crippen molar-refractivity contribution >= 4 is 5.57 Å². The van der Waals surface area contributed by atoms with Crippen LogP contribution in [0.15, 0.2) is 48.6 Å². The van der Waals surface area contributed by atoms with Gasteiger partial charge >= 0.3 is 0 Å². The molecule has 1 fully saturated rings. The molecule has 2 aliphatic rings. The SMILES string of the molecule is CCCCCCC1(C#N)CCC(C2(OCCCC)C=CC(c3ccccc3)=CC2)CC1. The number of ether oxygens (including phenoxy) is 1. The molecule has 0 spiro atoms. The number of unbranched alkanes of at least 4 members (excludes halogenated alkanes) is 4. The van der Waals surface area contributed by atoms with Crippen LogP contribution in [-0.4, -0.2) is 12.2 Å². The van der Waals surface area contributed by atoms with Gasteiger partial charge in [-0.1, -0.05) is 94.5 Å². The molecule has 1 atom stereocenters. The molecule has 2 nitrogen and oxygen atoms in total. The first-order valence-electron chi connectivity index (χ1n) is 12.7. The van der Waals surface area contributed by atoms with Crippen LogP contribution in [0.1, 0.15) is 96.5 Å². The van der Waals surface area contributed by atoms with Crippen molar-refractivity contribution < 1.29 is 4.74 Å². The van der Waals surface area contributed by atoms with E-state index in [9.17, 15) is 5.26 Å². The Labute approximate surface area is 190 Å². The summed E-state index contributed by atoms with van der Waals surface area (Å²) in [5, 5.41) is 9.99. The predicted octanol–water partition coefficient (Wildman–Crippen LogP) is 8.26. The molecule has 2 heteroatoms. The second-order valence-corrected chi connectivity index (χ2v) is 9.70. The monoisotopic (exact) mass is 419 g/mol. The molecule has 0 aliphatic heterocycles. The van der Waals surface area contributed by atoms with Crippen LogP contribution in [0.2, 0.25) is 0 Å². The van der Waals surface area contributed by atoms with E-state index in [0.29, 0.717) is 5.92 Å². The highest BCUT2D eigenvalue weighted by atomic mass is 16.5. The lowest BCUT2D eigenvalue weighted by Gasteiger charge is -2.45. The van der Waals surface area contributed by atoms with Crippen molar-refractivity contribution in [3.63, 3.8) is 0 Å². The zero-order valence-corrected chi connectivity index (χ0v) is 19.7. The largest absolute Gasteiger partial charge is 0.370 e. The maximum Gasteiger partial charge on any atom is 0.0928 e. The predicted molar refractivity (Wildman–Crippen MR) is 131 cm³/mol. The van der Waals surface area contributed by atoms with Gasteiger partial charge in [0.05, 0.1) is 17.1 Å². The smallest absolute Gasteiger partial charge is 0.0928 e. The molecular weight excluding hydrogens is 378 g/mol. The molecule has 3 rings (SSSR count). The molecule has 1 saturated carbocycles. The second-order valence-electron chi connectivity index (χ2n) is 9.70. The van der Waals surface area contributed by atoms with Gasteiger partial charge in [-0.2, -0.15) is 5.26 Å². The Morgan fingerprint density at radius 3 is 2.35 bits per heavy atom. The van der Waals surface area contributed by atoms with Gasteiger partial charge in [-0.05, 0) is 62.0 Å². The summed E-state index contributed by atoms with van der Waals surface area (Å²) in [5.41, 5.74) is 2.28. The van der Waals surface area contributed by atoms with E-state index in [0.717, 1.165) is 58.0 Å². The average Bonchev–Trinajstić information content (AvgIpc) is 2.83. The lowest BCUT2D eigenvalue weighted by atomic mass is 9.63. The molecule has 0 saturated heterocycles. The minimum atomic E-state index is -0.197. The maximum atomic E-state index is 9.99. The van der Waals surface area contributed by atoms with Crippen molar-refractivity contribution in [3.05, 3.63) is 54.1 Å². The number of hydrogen-bond acceptors (Lipinski definition) is 2. The van der Waals surface area contributed by atoms with Crippen LogP contribution >= 0.6 is 0 Å². The molecule has 1 unspecified atom stereocenters. The molecule has 0 heterocycles. The van der Waals surface area contributed by atoms with E-state index >= 15 is 0 Å². The van der Waals surface area contributed by atoms with Gasteiger partial charge in [-0.15, -0.1) is 0 Å². The Kier molecular flexibility index (Phi) is 8.97. The molecule has 1 aromatic carbocycles. The molecule has 31 heavy (non-hydrogen) atoms. The lowest BCUT2D eigenvalue weighted by molar-refractivity contribution is -0.0682. The van der Waals surface area contributed by atoms with E-state index in [1.54, 1.807) is 0 Å². The number of benzene rings is 1. The molecular formula is C29H41NO. The minimum absolute atomic E-state index is 0.0989. The van der Waals surface area contributed by atoms with E-state index in [1.807, 2.05) is 0 Å². The lowest BCUT2D eigenvalue weighted by Crippen LogP contribution is -2.43. The minimum Gasteiger partial charge on any atom is -0.370 e. The summed E-state index contributed by atoms with van der Waals surface area (Å²) in [6.07, 6.45) is 20.6. The highest BCUT2D eigenvalue weighted by Crippen LogP contribution is 2.49. The van der Waals surface area contributed by atoms with Gasteiger partial charge in [-0.3, -0.25) is 0 Å². The van der Waals surface area contributed by atoms with Gasteiger partial charge in [0, 0.05) is 6.61 Å². The molecule has 168 valence electrons. The zero-order chi connectivity index (χ0) is 22.0. The Bertz CT molecular complexity index is 764. The Hall–Kier alpha value is -1.85. The van der Waals surface area contributed by atoms with Crippen molar-refractivity contribution in [2.45, 2.75) is 96.5 Å². The van der Waals surface area contributed by atoms with Crippen LogP contribution < -0.4 is 0 Å². The van der Waals surface area contributed by atoms with Crippen LogP contribution in [0, 0.1) is 22.7 Å². The highest BCUT2D eigenvalue weighted by molar-refractivity contribution is 5.75. The fourth-order valence-electron chi connectivity index (χ4n) is 5.38. The summed E-state index contributed by atoms with van der Waals surface area (Å²) >= 11 is 0. The van der Waals surface area contributed by atoms with Crippen molar-refractivity contribution in [1.82, 2.24) is 0 Å². The topological polar surface area (TPSA) is 33.0 Å². The molecule has 0 N–H and O–H groups in total. The fourth-order valence-corrected chi connectivity index (χ4v) is 5.38. The molecule has 0 bridgehead atoms. The summed E-state index contributed by atoms with van der Waals surface area (Å²) in [6, 6.07) is 13.4. The fraction of sp³-hybridized carbons (Fsp3) is 0.621.